The maximum Gasteiger partial charge on any atom is 0.206 e. The molecule has 1 fully saturated rings. The van der Waals surface area contributed by atoms with Crippen molar-refractivity contribution in [3.63, 3.8) is 0 Å². The van der Waals surface area contributed by atoms with Gasteiger partial charge in [-0.15, -0.1) is 10.2 Å². The Morgan fingerprint density at radius 2 is 1.94 bits per heavy atom. The van der Waals surface area contributed by atoms with E-state index in [4.69, 9.17) is 0 Å². The number of hydrogen-bond acceptors (Lipinski definition) is 6. The molecule has 4 heterocycles. The number of pyridine rings is 1. The molecule has 0 atom stereocenters. The van der Waals surface area contributed by atoms with Crippen molar-refractivity contribution in [1.82, 2.24) is 34.9 Å². The van der Waals surface area contributed by atoms with Crippen LogP contribution in [0, 0.1) is 5.92 Å². The van der Waals surface area contributed by atoms with Crippen LogP contribution in [0.3, 0.4) is 0 Å². The van der Waals surface area contributed by atoms with Gasteiger partial charge in [0.2, 0.25) is 5.82 Å². The second kappa shape index (κ2) is 8.47. The average Bonchev–Trinajstić information content (AvgIpc) is 3.45. The van der Waals surface area contributed by atoms with Crippen molar-refractivity contribution in [3.05, 3.63) is 60.0 Å². The predicted molar refractivity (Wildman–Crippen MR) is 121 cm³/mol. The number of rotatable bonds is 6. The molecule has 1 aliphatic rings. The molecule has 160 valence electrons. The molecule has 0 aliphatic carbocycles. The number of nitrogens with one attached hydrogen (secondary N) is 1. The van der Waals surface area contributed by atoms with E-state index in [1.165, 1.54) is 16.9 Å². The van der Waals surface area contributed by atoms with Gasteiger partial charge in [-0.05, 0) is 47.4 Å². The van der Waals surface area contributed by atoms with Crippen LogP contribution in [-0.2, 0) is 13.0 Å². The zero-order valence-corrected chi connectivity index (χ0v) is 18.1. The number of H-pyrrole nitrogens is 1. The van der Waals surface area contributed by atoms with Crippen molar-refractivity contribution >= 4 is 11.3 Å². The SMILES string of the molecule is CC(C)Cc1ccc(-c2nn[nH]n2)c(N2CCN(Cc3cnc4ccccn34)CC2)c1. The number of nitrogens with zero attached hydrogens (tertiary/aromatic N) is 7. The van der Waals surface area contributed by atoms with Crippen molar-refractivity contribution in [2.45, 2.75) is 26.8 Å². The number of piperazine rings is 1. The molecular formula is C23H28N8. The van der Waals surface area contributed by atoms with Gasteiger partial charge in [0.05, 0.1) is 11.9 Å². The van der Waals surface area contributed by atoms with Crippen LogP contribution in [0.25, 0.3) is 17.0 Å². The van der Waals surface area contributed by atoms with Crippen LogP contribution in [0.2, 0.25) is 0 Å². The normalized spacial score (nSPS) is 15.3. The molecule has 8 heteroatoms. The first-order valence-corrected chi connectivity index (χ1v) is 10.9. The van der Waals surface area contributed by atoms with Gasteiger partial charge >= 0.3 is 0 Å². The first-order chi connectivity index (χ1) is 15.2. The van der Waals surface area contributed by atoms with E-state index >= 15 is 0 Å². The topological polar surface area (TPSA) is 78.2 Å². The number of tetrazole rings is 1. The van der Waals surface area contributed by atoms with E-state index in [1.54, 1.807) is 0 Å². The molecule has 1 N–H and O–H groups in total. The van der Waals surface area contributed by atoms with Crippen molar-refractivity contribution in [3.8, 4) is 11.4 Å². The summed E-state index contributed by atoms with van der Waals surface area (Å²) in [4.78, 5) is 9.48. The lowest BCUT2D eigenvalue weighted by Crippen LogP contribution is -2.46. The van der Waals surface area contributed by atoms with Gasteiger partial charge in [-0.25, -0.2) is 4.98 Å². The Kier molecular flexibility index (Phi) is 5.38. The molecule has 31 heavy (non-hydrogen) atoms. The molecular weight excluding hydrogens is 388 g/mol. The molecule has 0 bridgehead atoms. The van der Waals surface area contributed by atoms with Gasteiger partial charge in [0.15, 0.2) is 0 Å². The summed E-state index contributed by atoms with van der Waals surface area (Å²) in [5.74, 6) is 1.27. The number of fused-ring (bicyclic) bond motifs is 1. The molecule has 1 saturated heterocycles. The monoisotopic (exact) mass is 416 g/mol. The Morgan fingerprint density at radius 3 is 2.71 bits per heavy atom. The van der Waals surface area contributed by atoms with E-state index in [1.807, 2.05) is 18.3 Å². The number of aromatic nitrogens is 6. The van der Waals surface area contributed by atoms with Crippen molar-refractivity contribution < 1.29 is 0 Å². The second-order valence-electron chi connectivity index (χ2n) is 8.63. The third-order valence-corrected chi connectivity index (χ3v) is 5.88. The predicted octanol–water partition coefficient (Wildman–Crippen LogP) is 3.04. The van der Waals surface area contributed by atoms with Crippen molar-refractivity contribution in [2.75, 3.05) is 31.1 Å². The van der Waals surface area contributed by atoms with Crippen LogP contribution in [0.15, 0.2) is 48.8 Å². The van der Waals surface area contributed by atoms with Crippen molar-refractivity contribution in [2.24, 2.45) is 5.92 Å². The number of hydrogen-bond donors (Lipinski definition) is 1. The summed E-state index contributed by atoms with van der Waals surface area (Å²) in [6, 6.07) is 12.8. The molecule has 0 saturated carbocycles. The maximum atomic E-state index is 4.52. The van der Waals surface area contributed by atoms with Crippen LogP contribution < -0.4 is 4.90 Å². The molecule has 5 rings (SSSR count). The van der Waals surface area contributed by atoms with E-state index in [-0.39, 0.29) is 0 Å². The highest BCUT2D eigenvalue weighted by molar-refractivity contribution is 5.75. The fourth-order valence-electron chi connectivity index (χ4n) is 4.38. The van der Waals surface area contributed by atoms with Crippen LogP contribution in [0.1, 0.15) is 25.1 Å². The Labute approximate surface area is 181 Å². The lowest BCUT2D eigenvalue weighted by molar-refractivity contribution is 0.246. The quantitative estimate of drug-likeness (QED) is 0.521. The summed E-state index contributed by atoms with van der Waals surface area (Å²) in [6.07, 6.45) is 5.14. The number of anilines is 1. The lowest BCUT2D eigenvalue weighted by atomic mass is 9.99. The minimum Gasteiger partial charge on any atom is -0.368 e. The molecule has 0 radical (unpaired) electrons. The molecule has 4 aromatic rings. The van der Waals surface area contributed by atoms with Gasteiger partial charge in [-0.3, -0.25) is 4.90 Å². The van der Waals surface area contributed by atoms with Gasteiger partial charge in [-0.1, -0.05) is 26.0 Å². The van der Waals surface area contributed by atoms with E-state index in [0.29, 0.717) is 11.7 Å². The molecule has 8 nitrogen and oxygen atoms in total. The van der Waals surface area contributed by atoms with E-state index in [2.05, 4.69) is 84.1 Å². The fourth-order valence-corrected chi connectivity index (χ4v) is 4.38. The van der Waals surface area contributed by atoms with Gasteiger partial charge < -0.3 is 9.30 Å². The number of aromatic amines is 1. The summed E-state index contributed by atoms with van der Waals surface area (Å²) in [6.45, 7) is 9.35. The Bertz CT molecular complexity index is 1140. The van der Waals surface area contributed by atoms with E-state index in [9.17, 15) is 0 Å². The summed E-state index contributed by atoms with van der Waals surface area (Å²) >= 11 is 0. The second-order valence-corrected chi connectivity index (χ2v) is 8.63. The first kappa shape index (κ1) is 19.7. The minimum atomic E-state index is 0.617. The van der Waals surface area contributed by atoms with Gasteiger partial charge in [-0.2, -0.15) is 5.21 Å². The van der Waals surface area contributed by atoms with Crippen LogP contribution >= 0.6 is 0 Å². The van der Waals surface area contributed by atoms with E-state index in [0.717, 1.165) is 50.4 Å². The minimum absolute atomic E-state index is 0.617. The zero-order chi connectivity index (χ0) is 21.2. The molecule has 1 aromatic carbocycles. The third kappa shape index (κ3) is 4.16. The standard InChI is InChI=1S/C23H28N8/c1-17(2)13-18-6-7-20(23-25-27-28-26-23)21(14-18)30-11-9-29(10-12-30)16-19-15-24-22-5-3-4-8-31(19)22/h3-8,14-15,17H,9-13,16H2,1-2H3,(H,25,26,27,28). The zero-order valence-electron chi connectivity index (χ0n) is 18.1. The molecule has 3 aromatic heterocycles. The highest BCUT2D eigenvalue weighted by Crippen LogP contribution is 2.31. The Balaban J connectivity index is 1.33. The fraction of sp³-hybridized carbons (Fsp3) is 0.391. The highest BCUT2D eigenvalue weighted by atomic mass is 15.5. The maximum absolute atomic E-state index is 4.52. The summed E-state index contributed by atoms with van der Waals surface area (Å²) < 4.78 is 2.18. The largest absolute Gasteiger partial charge is 0.368 e. The Hall–Kier alpha value is -3.26. The van der Waals surface area contributed by atoms with E-state index < -0.39 is 0 Å². The molecule has 0 amide bonds. The highest BCUT2D eigenvalue weighted by Gasteiger charge is 2.22. The number of benzene rings is 1. The molecule has 0 spiro atoms. The Morgan fingerprint density at radius 1 is 1.06 bits per heavy atom. The summed E-state index contributed by atoms with van der Waals surface area (Å²) in [5, 5.41) is 14.8. The van der Waals surface area contributed by atoms with Crippen LogP contribution in [0.5, 0.6) is 0 Å². The van der Waals surface area contributed by atoms with Gasteiger partial charge in [0.25, 0.3) is 0 Å². The van der Waals surface area contributed by atoms with Crippen LogP contribution in [-0.4, -0.2) is 61.1 Å². The molecule has 0 unspecified atom stereocenters. The summed E-state index contributed by atoms with van der Waals surface area (Å²) in [5.41, 5.74) is 5.83. The average molecular weight is 417 g/mol. The van der Waals surface area contributed by atoms with Crippen LogP contribution in [0.4, 0.5) is 5.69 Å². The van der Waals surface area contributed by atoms with Crippen molar-refractivity contribution in [1.29, 1.82) is 0 Å². The first-order valence-electron chi connectivity index (χ1n) is 10.9. The third-order valence-electron chi connectivity index (χ3n) is 5.88. The lowest BCUT2D eigenvalue weighted by Gasteiger charge is -2.37. The molecule has 1 aliphatic heterocycles. The van der Waals surface area contributed by atoms with Gasteiger partial charge in [0.1, 0.15) is 5.65 Å². The smallest absolute Gasteiger partial charge is 0.206 e. The van der Waals surface area contributed by atoms with Gasteiger partial charge in [0, 0.05) is 50.2 Å². The summed E-state index contributed by atoms with van der Waals surface area (Å²) in [7, 11) is 0. The number of imidazole rings is 1.